The zero-order chi connectivity index (χ0) is 12.6. The lowest BCUT2D eigenvalue weighted by atomic mass is 10.2. The highest BCUT2D eigenvalue weighted by Gasteiger charge is 2.48. The van der Waals surface area contributed by atoms with E-state index in [9.17, 15) is 16.8 Å². The van der Waals surface area contributed by atoms with Gasteiger partial charge >= 0.3 is 0 Å². The molecule has 1 aromatic carbocycles. The van der Waals surface area contributed by atoms with Crippen molar-refractivity contribution in [1.29, 1.82) is 0 Å². The Balaban J connectivity index is 3.66. The van der Waals surface area contributed by atoms with Crippen molar-refractivity contribution in [2.75, 3.05) is 12.5 Å². The second kappa shape index (κ2) is 3.83. The molecule has 0 fully saturated rings. The quantitative estimate of drug-likeness (QED) is 0.818. The van der Waals surface area contributed by atoms with Crippen LogP contribution in [0.25, 0.3) is 0 Å². The van der Waals surface area contributed by atoms with Gasteiger partial charge in [-0.05, 0) is 0 Å². The third kappa shape index (κ3) is 1.98. The van der Waals surface area contributed by atoms with Gasteiger partial charge in [-0.25, -0.2) is 16.8 Å². The van der Waals surface area contributed by atoms with Crippen molar-refractivity contribution in [2.45, 2.75) is 4.20 Å². The Hall–Kier alpha value is -0.920. The van der Waals surface area contributed by atoms with Crippen molar-refractivity contribution in [1.82, 2.24) is 0 Å². The summed E-state index contributed by atoms with van der Waals surface area (Å²) in [7, 11) is -7.97. The van der Waals surface area contributed by atoms with Gasteiger partial charge in [-0.2, -0.15) is 0 Å². The predicted molar refractivity (Wildman–Crippen MR) is 62.0 cm³/mol. The normalized spacial score (nSPS) is 13.7. The van der Waals surface area contributed by atoms with E-state index in [0.717, 1.165) is 12.5 Å². The van der Waals surface area contributed by atoms with Gasteiger partial charge < -0.3 is 0 Å². The Bertz CT molecular complexity index is 543. The molecule has 0 radical (unpaired) electrons. The molecule has 0 bridgehead atoms. The van der Waals surface area contributed by atoms with Crippen LogP contribution < -0.4 is 5.73 Å². The second-order valence-corrected chi connectivity index (χ2v) is 8.21. The van der Waals surface area contributed by atoms with E-state index in [1.54, 1.807) is 6.07 Å². The summed E-state index contributed by atoms with van der Waals surface area (Å²) in [5.74, 6) is 0. The van der Waals surface area contributed by atoms with Crippen LogP contribution in [0.15, 0.2) is 30.3 Å². The van der Waals surface area contributed by atoms with Crippen LogP contribution >= 0.6 is 0 Å². The molecular weight excluding hydrogens is 250 g/mol. The second-order valence-electron chi connectivity index (χ2n) is 3.58. The molecule has 0 aliphatic heterocycles. The Morgan fingerprint density at radius 1 is 0.938 bits per heavy atom. The lowest BCUT2D eigenvalue weighted by molar-refractivity contribution is 0.554. The number of sulfone groups is 2. The first-order chi connectivity index (χ1) is 7.11. The fourth-order valence-corrected chi connectivity index (χ4v) is 4.70. The van der Waals surface area contributed by atoms with Gasteiger partial charge in [0, 0.05) is 18.1 Å². The largest absolute Gasteiger partial charge is 0.296 e. The van der Waals surface area contributed by atoms with E-state index in [4.69, 9.17) is 5.73 Å². The van der Waals surface area contributed by atoms with Crippen LogP contribution in [0.4, 0.5) is 0 Å². The summed E-state index contributed by atoms with van der Waals surface area (Å²) in [4.78, 5) is 0. The molecular formula is C9H13NO4S2. The zero-order valence-electron chi connectivity index (χ0n) is 8.91. The third-order valence-corrected chi connectivity index (χ3v) is 6.77. The molecule has 1 aromatic rings. The lowest BCUT2D eigenvalue weighted by Crippen LogP contribution is -2.50. The molecule has 7 heteroatoms. The average Bonchev–Trinajstić information content (AvgIpc) is 2.14. The number of hydrogen-bond acceptors (Lipinski definition) is 5. The molecule has 16 heavy (non-hydrogen) atoms. The van der Waals surface area contributed by atoms with Gasteiger partial charge in [0.25, 0.3) is 0 Å². The number of benzene rings is 1. The maximum atomic E-state index is 11.6. The Morgan fingerprint density at radius 2 is 1.31 bits per heavy atom. The third-order valence-electron chi connectivity index (χ3n) is 2.28. The first-order valence-corrected chi connectivity index (χ1v) is 8.12. The van der Waals surface area contributed by atoms with E-state index in [1.165, 1.54) is 24.3 Å². The van der Waals surface area contributed by atoms with Crippen molar-refractivity contribution >= 4 is 19.7 Å². The van der Waals surface area contributed by atoms with E-state index in [1.807, 2.05) is 0 Å². The Kier molecular flexibility index (Phi) is 3.15. The summed E-state index contributed by atoms with van der Waals surface area (Å²) in [6, 6.07) is 7.47. The van der Waals surface area contributed by atoms with Crippen molar-refractivity contribution in [2.24, 2.45) is 5.73 Å². The van der Waals surface area contributed by atoms with E-state index in [2.05, 4.69) is 0 Å². The summed E-state index contributed by atoms with van der Waals surface area (Å²) in [6.45, 7) is 0. The topological polar surface area (TPSA) is 94.3 Å². The van der Waals surface area contributed by atoms with Gasteiger partial charge in [-0.3, -0.25) is 5.73 Å². The van der Waals surface area contributed by atoms with Gasteiger partial charge in [-0.1, -0.05) is 30.3 Å². The van der Waals surface area contributed by atoms with Crippen LogP contribution in [-0.4, -0.2) is 29.3 Å². The van der Waals surface area contributed by atoms with Crippen LogP contribution in [0.5, 0.6) is 0 Å². The van der Waals surface area contributed by atoms with Crippen LogP contribution in [-0.2, 0) is 23.9 Å². The summed E-state index contributed by atoms with van der Waals surface area (Å²) in [6.07, 6.45) is 1.61. The molecule has 5 nitrogen and oxygen atoms in total. The Morgan fingerprint density at radius 3 is 1.62 bits per heavy atom. The molecule has 90 valence electrons. The summed E-state index contributed by atoms with van der Waals surface area (Å²) >= 11 is 0. The summed E-state index contributed by atoms with van der Waals surface area (Å²) in [5, 5.41) is 0. The van der Waals surface area contributed by atoms with E-state index >= 15 is 0 Å². The number of nitrogens with two attached hydrogens (primary N) is 1. The maximum absolute atomic E-state index is 11.6. The highest BCUT2D eigenvalue weighted by atomic mass is 32.3. The predicted octanol–water partition coefficient (Wildman–Crippen LogP) is -0.155. The molecule has 0 heterocycles. The van der Waals surface area contributed by atoms with Crippen LogP contribution in [0.3, 0.4) is 0 Å². The van der Waals surface area contributed by atoms with E-state index < -0.39 is 23.9 Å². The average molecular weight is 263 g/mol. The van der Waals surface area contributed by atoms with E-state index in [-0.39, 0.29) is 5.56 Å². The van der Waals surface area contributed by atoms with Gasteiger partial charge in [0.2, 0.25) is 4.20 Å². The number of hydrogen-bond donors (Lipinski definition) is 1. The molecule has 0 amide bonds. The minimum Gasteiger partial charge on any atom is -0.296 e. The molecule has 1 rings (SSSR count). The molecule has 0 saturated carbocycles. The van der Waals surface area contributed by atoms with Gasteiger partial charge in [0.05, 0.1) is 0 Å². The fourth-order valence-electron chi connectivity index (χ4n) is 1.37. The van der Waals surface area contributed by atoms with Gasteiger partial charge in [0.15, 0.2) is 19.7 Å². The number of rotatable bonds is 3. The standard InChI is InChI=1S/C9H13NO4S2/c1-15(11,12)9(10,16(2,13)14)8-6-4-3-5-7-8/h3-7H,10H2,1-2H3. The molecule has 0 aliphatic rings. The van der Waals surface area contributed by atoms with Gasteiger partial charge in [-0.15, -0.1) is 0 Å². The molecule has 0 unspecified atom stereocenters. The molecule has 2 N–H and O–H groups in total. The fraction of sp³-hybridized carbons (Fsp3) is 0.333. The van der Waals surface area contributed by atoms with Crippen molar-refractivity contribution < 1.29 is 16.8 Å². The molecule has 0 aliphatic carbocycles. The highest BCUT2D eigenvalue weighted by Crippen LogP contribution is 2.29. The molecule has 0 atom stereocenters. The summed E-state index contributed by atoms with van der Waals surface area (Å²) in [5.41, 5.74) is 5.64. The van der Waals surface area contributed by atoms with Crippen molar-refractivity contribution in [3.63, 3.8) is 0 Å². The molecule has 0 spiro atoms. The SMILES string of the molecule is CS(=O)(=O)C(N)(c1ccccc1)S(C)(=O)=O. The van der Waals surface area contributed by atoms with Crippen molar-refractivity contribution in [3.05, 3.63) is 35.9 Å². The molecule has 0 aromatic heterocycles. The smallest absolute Gasteiger partial charge is 0.245 e. The zero-order valence-corrected chi connectivity index (χ0v) is 10.5. The van der Waals surface area contributed by atoms with Crippen LogP contribution in [0.1, 0.15) is 5.56 Å². The maximum Gasteiger partial charge on any atom is 0.245 e. The van der Waals surface area contributed by atoms with Crippen LogP contribution in [0.2, 0.25) is 0 Å². The molecule has 0 saturated heterocycles. The highest BCUT2D eigenvalue weighted by molar-refractivity contribution is 8.08. The minimum absolute atomic E-state index is 0.0417. The van der Waals surface area contributed by atoms with E-state index in [0.29, 0.717) is 0 Å². The minimum atomic E-state index is -3.99. The first-order valence-electron chi connectivity index (χ1n) is 4.34. The lowest BCUT2D eigenvalue weighted by Gasteiger charge is -2.25. The Labute approximate surface area is 95.1 Å². The van der Waals surface area contributed by atoms with Crippen molar-refractivity contribution in [3.8, 4) is 0 Å². The first kappa shape index (κ1) is 13.1. The monoisotopic (exact) mass is 263 g/mol. The van der Waals surface area contributed by atoms with Crippen LogP contribution in [0, 0.1) is 0 Å². The summed E-state index contributed by atoms with van der Waals surface area (Å²) < 4.78 is 44.0. The van der Waals surface area contributed by atoms with Gasteiger partial charge in [0.1, 0.15) is 0 Å².